The van der Waals surface area contributed by atoms with Crippen molar-refractivity contribution in [3.05, 3.63) is 0 Å². The topological polar surface area (TPSA) is 43.4 Å². The fourth-order valence-corrected chi connectivity index (χ4v) is 3.28. The summed E-state index contributed by atoms with van der Waals surface area (Å²) in [7, 11) is 0. The third-order valence-corrected chi connectivity index (χ3v) is 3.90. The minimum atomic E-state index is -0.702. The lowest BCUT2D eigenvalue weighted by atomic mass is 9.96. The molecular weight excluding hydrogens is 192 g/mol. The molecule has 0 aliphatic heterocycles. The Bertz CT molecular complexity index is 297. The number of ketones is 1. The maximum atomic E-state index is 11.9. The Morgan fingerprint density at radius 2 is 2.27 bits per heavy atom. The van der Waals surface area contributed by atoms with Crippen LogP contribution in [0.1, 0.15) is 39.5 Å². The summed E-state index contributed by atoms with van der Waals surface area (Å²) in [6.07, 6.45) is 3.48. The normalized spacial score (nSPS) is 37.6. The first-order chi connectivity index (χ1) is 7.19. The smallest absolute Gasteiger partial charge is 0.320 e. The van der Waals surface area contributed by atoms with E-state index in [0.717, 1.165) is 19.3 Å². The molecule has 84 valence electrons. The van der Waals surface area contributed by atoms with Gasteiger partial charge in [0.1, 0.15) is 5.41 Å². The Morgan fingerprint density at radius 1 is 1.53 bits per heavy atom. The van der Waals surface area contributed by atoms with Crippen molar-refractivity contribution in [2.45, 2.75) is 39.5 Å². The Hall–Kier alpha value is -0.860. The summed E-state index contributed by atoms with van der Waals surface area (Å²) in [5.74, 6) is 0.451. The molecule has 0 amide bonds. The van der Waals surface area contributed by atoms with Crippen LogP contribution in [0.25, 0.3) is 0 Å². The second-order valence-corrected chi connectivity index (χ2v) is 4.55. The van der Waals surface area contributed by atoms with Gasteiger partial charge < -0.3 is 4.74 Å². The lowest BCUT2D eigenvalue weighted by Gasteiger charge is -2.12. The molecule has 2 fully saturated rings. The van der Waals surface area contributed by atoms with Gasteiger partial charge in [0.15, 0.2) is 5.78 Å². The molecule has 3 unspecified atom stereocenters. The summed E-state index contributed by atoms with van der Waals surface area (Å²) >= 11 is 0. The largest absolute Gasteiger partial charge is 0.465 e. The van der Waals surface area contributed by atoms with Gasteiger partial charge in [0.2, 0.25) is 0 Å². The van der Waals surface area contributed by atoms with Crippen LogP contribution in [0.5, 0.6) is 0 Å². The van der Waals surface area contributed by atoms with Crippen molar-refractivity contribution in [2.24, 2.45) is 17.3 Å². The van der Waals surface area contributed by atoms with Gasteiger partial charge in [-0.2, -0.15) is 0 Å². The summed E-state index contributed by atoms with van der Waals surface area (Å²) in [6.45, 7) is 4.26. The van der Waals surface area contributed by atoms with E-state index in [9.17, 15) is 9.59 Å². The molecule has 0 aromatic rings. The zero-order chi connectivity index (χ0) is 11.1. The second-order valence-electron chi connectivity index (χ2n) is 4.55. The molecule has 2 aliphatic carbocycles. The minimum Gasteiger partial charge on any atom is -0.465 e. The van der Waals surface area contributed by atoms with Crippen LogP contribution >= 0.6 is 0 Å². The van der Waals surface area contributed by atoms with E-state index in [4.69, 9.17) is 4.74 Å². The lowest BCUT2D eigenvalue weighted by molar-refractivity contribution is -0.154. The van der Waals surface area contributed by atoms with Gasteiger partial charge in [-0.1, -0.05) is 13.3 Å². The number of rotatable bonds is 4. The van der Waals surface area contributed by atoms with Gasteiger partial charge in [0.25, 0.3) is 0 Å². The van der Waals surface area contributed by atoms with Crippen molar-refractivity contribution in [2.75, 3.05) is 6.61 Å². The molecule has 0 saturated heterocycles. The molecular formula is C12H18O3. The molecule has 0 N–H and O–H groups in total. The van der Waals surface area contributed by atoms with Crippen LogP contribution in [0.15, 0.2) is 0 Å². The summed E-state index contributed by atoms with van der Waals surface area (Å²) in [5, 5.41) is 0. The first-order valence-corrected chi connectivity index (χ1v) is 5.90. The maximum Gasteiger partial charge on any atom is 0.320 e. The van der Waals surface area contributed by atoms with E-state index < -0.39 is 5.41 Å². The molecule has 0 spiro atoms. The molecule has 0 aromatic heterocycles. The van der Waals surface area contributed by atoms with Gasteiger partial charge in [0, 0.05) is 6.42 Å². The van der Waals surface area contributed by atoms with Crippen molar-refractivity contribution in [1.29, 1.82) is 0 Å². The Balaban J connectivity index is 2.16. The predicted molar refractivity (Wildman–Crippen MR) is 55.2 cm³/mol. The summed E-state index contributed by atoms with van der Waals surface area (Å²) in [5.41, 5.74) is -0.702. The average molecular weight is 210 g/mol. The number of carbonyl (C=O) groups is 2. The van der Waals surface area contributed by atoms with Gasteiger partial charge in [-0.05, 0) is 31.6 Å². The summed E-state index contributed by atoms with van der Waals surface area (Å²) in [6, 6.07) is 0. The molecule has 0 aromatic carbocycles. The highest BCUT2D eigenvalue weighted by molar-refractivity contribution is 6.09. The van der Waals surface area contributed by atoms with Gasteiger partial charge in [0.05, 0.1) is 6.61 Å². The van der Waals surface area contributed by atoms with Crippen LogP contribution in [0.3, 0.4) is 0 Å². The van der Waals surface area contributed by atoms with Crippen molar-refractivity contribution in [1.82, 2.24) is 0 Å². The molecule has 3 nitrogen and oxygen atoms in total. The van der Waals surface area contributed by atoms with E-state index in [1.807, 2.05) is 0 Å². The highest BCUT2D eigenvalue weighted by atomic mass is 16.5. The first kappa shape index (κ1) is 10.7. The molecule has 3 heteroatoms. The van der Waals surface area contributed by atoms with Crippen molar-refractivity contribution in [3.63, 3.8) is 0 Å². The molecule has 2 saturated carbocycles. The summed E-state index contributed by atoms with van der Waals surface area (Å²) < 4.78 is 5.06. The molecule has 2 aliphatic rings. The van der Waals surface area contributed by atoms with Gasteiger partial charge in [-0.25, -0.2) is 0 Å². The first-order valence-electron chi connectivity index (χ1n) is 5.90. The van der Waals surface area contributed by atoms with Crippen LogP contribution in [0, 0.1) is 17.3 Å². The monoisotopic (exact) mass is 210 g/mol. The van der Waals surface area contributed by atoms with E-state index in [-0.39, 0.29) is 17.7 Å². The molecule has 15 heavy (non-hydrogen) atoms. The average Bonchev–Trinajstić information content (AvgIpc) is 2.71. The van der Waals surface area contributed by atoms with Gasteiger partial charge in [-0.3, -0.25) is 9.59 Å². The zero-order valence-electron chi connectivity index (χ0n) is 9.41. The van der Waals surface area contributed by atoms with Gasteiger partial charge >= 0.3 is 5.97 Å². The maximum absolute atomic E-state index is 11.9. The van der Waals surface area contributed by atoms with E-state index in [0.29, 0.717) is 18.9 Å². The number of hydrogen-bond acceptors (Lipinski definition) is 3. The number of ether oxygens (including phenoxy) is 1. The Kier molecular flexibility index (Phi) is 2.57. The van der Waals surface area contributed by atoms with Crippen LogP contribution in [0.2, 0.25) is 0 Å². The highest BCUT2D eigenvalue weighted by Crippen LogP contribution is 2.68. The van der Waals surface area contributed by atoms with Crippen LogP contribution in [-0.4, -0.2) is 18.4 Å². The third-order valence-electron chi connectivity index (χ3n) is 3.90. The van der Waals surface area contributed by atoms with Crippen molar-refractivity contribution < 1.29 is 14.3 Å². The summed E-state index contributed by atoms with van der Waals surface area (Å²) in [4.78, 5) is 23.7. The van der Waals surface area contributed by atoms with Crippen LogP contribution in [0.4, 0.5) is 0 Å². The van der Waals surface area contributed by atoms with E-state index >= 15 is 0 Å². The number of esters is 1. The molecule has 2 rings (SSSR count). The molecule has 3 atom stereocenters. The number of fused-ring (bicyclic) bond motifs is 1. The van der Waals surface area contributed by atoms with Crippen LogP contribution in [-0.2, 0) is 14.3 Å². The Labute approximate surface area is 90.2 Å². The van der Waals surface area contributed by atoms with Crippen LogP contribution < -0.4 is 0 Å². The third kappa shape index (κ3) is 1.25. The minimum absolute atomic E-state index is 0.129. The van der Waals surface area contributed by atoms with E-state index in [1.165, 1.54) is 0 Å². The number of hydrogen-bond donors (Lipinski definition) is 0. The van der Waals surface area contributed by atoms with E-state index in [1.54, 1.807) is 6.92 Å². The highest BCUT2D eigenvalue weighted by Gasteiger charge is 2.76. The number of carbonyl (C=O) groups excluding carboxylic acids is 2. The van der Waals surface area contributed by atoms with Gasteiger partial charge in [-0.15, -0.1) is 0 Å². The zero-order valence-corrected chi connectivity index (χ0v) is 9.41. The van der Waals surface area contributed by atoms with E-state index in [2.05, 4.69) is 6.92 Å². The van der Waals surface area contributed by atoms with Crippen molar-refractivity contribution >= 4 is 11.8 Å². The Morgan fingerprint density at radius 3 is 2.87 bits per heavy atom. The predicted octanol–water partition coefficient (Wildman–Crippen LogP) is 1.94. The fraction of sp³-hybridized carbons (Fsp3) is 0.833. The fourth-order valence-electron chi connectivity index (χ4n) is 3.28. The quantitative estimate of drug-likeness (QED) is 0.526. The SMILES string of the molecule is CCCC1C2CCC(=O)C12C(=O)OCC. The standard InChI is InChI=1S/C12H18O3/c1-3-5-8-9-6-7-10(13)12(8,9)11(14)15-4-2/h8-9H,3-7H2,1-2H3. The molecule has 0 heterocycles. The molecule has 0 radical (unpaired) electrons. The van der Waals surface area contributed by atoms with Crippen molar-refractivity contribution in [3.8, 4) is 0 Å². The number of Topliss-reactive ketones (excluding diaryl/α,β-unsaturated/α-hetero) is 1. The molecule has 0 bridgehead atoms. The lowest BCUT2D eigenvalue weighted by Crippen LogP contribution is -2.28. The second kappa shape index (κ2) is 3.62.